The zero-order valence-electron chi connectivity index (χ0n) is 9.24. The maximum Gasteiger partial charge on any atom is 0.199 e. The van der Waals surface area contributed by atoms with Crippen molar-refractivity contribution < 1.29 is 4.79 Å². The van der Waals surface area contributed by atoms with Crippen LogP contribution in [0.5, 0.6) is 0 Å². The largest absolute Gasteiger partial charge is 0.375 e. The van der Waals surface area contributed by atoms with Crippen molar-refractivity contribution >= 4 is 18.4 Å². The predicted octanol–water partition coefficient (Wildman–Crippen LogP) is 0.982. The molecule has 0 N–H and O–H groups in total. The molecule has 4 heteroatoms. The van der Waals surface area contributed by atoms with E-state index in [9.17, 15) is 4.79 Å². The molecule has 1 rings (SSSR count). The van der Waals surface area contributed by atoms with Gasteiger partial charge in [-0.1, -0.05) is 6.92 Å². The molecular formula is C10H18N2OS. The van der Waals surface area contributed by atoms with E-state index in [2.05, 4.69) is 24.5 Å². The average Bonchev–Trinajstić information content (AvgIpc) is 2.11. The van der Waals surface area contributed by atoms with Gasteiger partial charge in [0.25, 0.3) is 0 Å². The van der Waals surface area contributed by atoms with Gasteiger partial charge < -0.3 is 9.80 Å². The fraction of sp³-hybridized carbons (Fsp3) is 0.700. The Bertz CT molecular complexity index is 273. The van der Waals surface area contributed by atoms with E-state index in [1.807, 2.05) is 26.0 Å². The molecule has 0 saturated heterocycles. The summed E-state index contributed by atoms with van der Waals surface area (Å²) in [5, 5.41) is -0.219. The van der Waals surface area contributed by atoms with E-state index in [0.29, 0.717) is 0 Å². The lowest BCUT2D eigenvalue weighted by Gasteiger charge is -2.38. The van der Waals surface area contributed by atoms with Crippen LogP contribution in [0.3, 0.4) is 0 Å². The van der Waals surface area contributed by atoms with E-state index in [1.54, 1.807) is 0 Å². The van der Waals surface area contributed by atoms with Gasteiger partial charge in [0, 0.05) is 27.7 Å². The summed E-state index contributed by atoms with van der Waals surface area (Å²) in [6.07, 6.45) is 1.08. The third-order valence-electron chi connectivity index (χ3n) is 2.40. The number of ketones is 1. The van der Waals surface area contributed by atoms with E-state index in [0.717, 1.165) is 24.4 Å². The van der Waals surface area contributed by atoms with Gasteiger partial charge in [-0.05, 0) is 6.42 Å². The summed E-state index contributed by atoms with van der Waals surface area (Å²) in [5.74, 6) is 0.135. The van der Waals surface area contributed by atoms with Crippen LogP contribution in [0.4, 0.5) is 0 Å². The predicted molar refractivity (Wildman–Crippen MR) is 61.4 cm³/mol. The van der Waals surface area contributed by atoms with Gasteiger partial charge in [-0.25, -0.2) is 0 Å². The van der Waals surface area contributed by atoms with Crippen LogP contribution in [-0.2, 0) is 4.79 Å². The molecule has 0 saturated carbocycles. The topological polar surface area (TPSA) is 23.6 Å². The highest BCUT2D eigenvalue weighted by Gasteiger charge is 2.39. The van der Waals surface area contributed by atoms with Crippen LogP contribution in [0.2, 0.25) is 0 Å². The molecule has 0 aromatic rings. The highest BCUT2D eigenvalue weighted by Crippen LogP contribution is 2.32. The molecule has 0 fully saturated rings. The first kappa shape index (κ1) is 11.4. The molecular weight excluding hydrogens is 196 g/mol. The summed E-state index contributed by atoms with van der Waals surface area (Å²) in [4.78, 5) is 15.5. The quantitative estimate of drug-likeness (QED) is 0.706. The minimum atomic E-state index is -0.219. The van der Waals surface area contributed by atoms with Crippen molar-refractivity contribution in [3.63, 3.8) is 0 Å². The molecule has 3 nitrogen and oxygen atoms in total. The molecule has 0 radical (unpaired) electrons. The maximum atomic E-state index is 11.5. The fourth-order valence-electron chi connectivity index (χ4n) is 1.73. The number of carbonyl (C=O) groups excluding carboxylic acids is 1. The molecule has 1 atom stereocenters. The van der Waals surface area contributed by atoms with Gasteiger partial charge in [0.2, 0.25) is 0 Å². The van der Waals surface area contributed by atoms with Crippen LogP contribution in [0.15, 0.2) is 11.4 Å². The summed E-state index contributed by atoms with van der Waals surface area (Å²) in [6.45, 7) is 3.09. The second-order valence-corrected chi connectivity index (χ2v) is 4.33. The fourth-order valence-corrected chi connectivity index (χ4v) is 2.17. The van der Waals surface area contributed by atoms with E-state index < -0.39 is 0 Å². The van der Waals surface area contributed by atoms with Crippen molar-refractivity contribution in [1.82, 2.24) is 9.80 Å². The van der Waals surface area contributed by atoms with Crippen LogP contribution in [0.1, 0.15) is 13.3 Å². The Morgan fingerprint density at radius 3 is 2.36 bits per heavy atom. The molecule has 0 aromatic carbocycles. The first-order valence-electron chi connectivity index (χ1n) is 4.85. The Morgan fingerprint density at radius 1 is 1.36 bits per heavy atom. The van der Waals surface area contributed by atoms with Crippen molar-refractivity contribution in [2.45, 2.75) is 18.6 Å². The Labute approximate surface area is 91.2 Å². The maximum absolute atomic E-state index is 11.5. The summed E-state index contributed by atoms with van der Waals surface area (Å²) >= 11 is 4.28. The Kier molecular flexibility index (Phi) is 3.48. The smallest absolute Gasteiger partial charge is 0.199 e. The number of nitrogens with zero attached hydrogens (tertiary/aromatic N) is 2. The van der Waals surface area contributed by atoms with Crippen molar-refractivity contribution in [2.75, 3.05) is 27.7 Å². The molecule has 0 aromatic heterocycles. The van der Waals surface area contributed by atoms with E-state index >= 15 is 0 Å². The molecule has 80 valence electrons. The number of likely N-dealkylation sites (N-methyl/N-ethyl adjacent to an activating group) is 1. The van der Waals surface area contributed by atoms with E-state index in [-0.39, 0.29) is 11.0 Å². The van der Waals surface area contributed by atoms with E-state index in [4.69, 9.17) is 0 Å². The number of thiol groups is 1. The molecule has 1 unspecified atom stereocenters. The van der Waals surface area contributed by atoms with Gasteiger partial charge in [0.15, 0.2) is 5.78 Å². The van der Waals surface area contributed by atoms with Crippen LogP contribution in [0.25, 0.3) is 0 Å². The summed E-state index contributed by atoms with van der Waals surface area (Å²) < 4.78 is 0. The number of hydrogen-bond donors (Lipinski definition) is 1. The van der Waals surface area contributed by atoms with Crippen molar-refractivity contribution in [1.29, 1.82) is 0 Å². The van der Waals surface area contributed by atoms with Crippen LogP contribution >= 0.6 is 12.6 Å². The lowest BCUT2D eigenvalue weighted by atomic mass is 9.96. The third kappa shape index (κ3) is 1.75. The molecule has 0 amide bonds. The zero-order chi connectivity index (χ0) is 10.9. The second kappa shape index (κ2) is 4.26. The summed E-state index contributed by atoms with van der Waals surface area (Å²) in [7, 11) is 5.80. The first-order valence-corrected chi connectivity index (χ1v) is 5.37. The highest BCUT2D eigenvalue weighted by molar-refractivity contribution is 7.82. The molecule has 0 bridgehead atoms. The highest BCUT2D eigenvalue weighted by atomic mass is 32.1. The Morgan fingerprint density at radius 2 is 1.93 bits per heavy atom. The third-order valence-corrected chi connectivity index (χ3v) is 2.88. The van der Waals surface area contributed by atoms with Crippen molar-refractivity contribution in [3.05, 3.63) is 11.4 Å². The number of rotatable bonds is 4. The summed E-state index contributed by atoms with van der Waals surface area (Å²) in [6, 6.07) is 0. The molecule has 0 aliphatic heterocycles. The normalized spacial score (nSPS) is 20.9. The SMILES string of the molecule is CCCN(C)C1=C(N(C)C)C(=O)C1S. The van der Waals surface area contributed by atoms with Crippen molar-refractivity contribution in [3.8, 4) is 0 Å². The molecule has 0 spiro atoms. The average molecular weight is 214 g/mol. The van der Waals surface area contributed by atoms with Gasteiger partial charge in [-0.15, -0.1) is 0 Å². The van der Waals surface area contributed by atoms with Crippen LogP contribution in [0, 0.1) is 0 Å². The van der Waals surface area contributed by atoms with E-state index in [1.165, 1.54) is 0 Å². The number of Topliss-reactive ketones (excluding diaryl/α,β-unsaturated/α-hetero) is 1. The minimum Gasteiger partial charge on any atom is -0.375 e. The molecule has 1 aliphatic carbocycles. The second-order valence-electron chi connectivity index (χ2n) is 3.82. The molecule has 1 aliphatic rings. The zero-order valence-corrected chi connectivity index (χ0v) is 10.1. The molecule has 14 heavy (non-hydrogen) atoms. The van der Waals surface area contributed by atoms with Gasteiger partial charge in [-0.2, -0.15) is 12.6 Å². The standard InChI is InChI=1S/C10H18N2OS/c1-5-6-12(4)8-7(11(2)3)9(13)10(8)14/h10,14H,5-6H2,1-4H3. The van der Waals surface area contributed by atoms with Gasteiger partial charge >= 0.3 is 0 Å². The lowest BCUT2D eigenvalue weighted by Crippen LogP contribution is -2.45. The first-order chi connectivity index (χ1) is 6.50. The number of allylic oxidation sites excluding steroid dienone is 1. The molecule has 0 heterocycles. The van der Waals surface area contributed by atoms with Crippen LogP contribution in [-0.4, -0.2) is 48.5 Å². The van der Waals surface area contributed by atoms with Crippen LogP contribution < -0.4 is 0 Å². The lowest BCUT2D eigenvalue weighted by molar-refractivity contribution is -0.118. The van der Waals surface area contributed by atoms with Gasteiger partial charge in [0.05, 0.1) is 5.70 Å². The van der Waals surface area contributed by atoms with Gasteiger partial charge in [0.1, 0.15) is 10.9 Å². The Hall–Kier alpha value is -0.640. The number of hydrogen-bond acceptors (Lipinski definition) is 4. The van der Waals surface area contributed by atoms with Crippen molar-refractivity contribution in [2.24, 2.45) is 0 Å². The van der Waals surface area contributed by atoms with Gasteiger partial charge in [-0.3, -0.25) is 4.79 Å². The number of carbonyl (C=O) groups is 1. The summed E-state index contributed by atoms with van der Waals surface area (Å²) in [5.41, 5.74) is 1.87. The Balaban J connectivity index is 2.88. The monoisotopic (exact) mass is 214 g/mol. The minimum absolute atomic E-state index is 0.135.